The standard InChI is InChI=1S/C18H22FNO3/c1-2-17-15(4-3-9-23-17)18(22)20-11-14(21)10-16(20)12-5-7-13(19)8-6-12/h5-8,14,16,21H,2-4,9-11H2,1H3/t14-,16-/m1/s1. The van der Waals surface area contributed by atoms with Crippen molar-refractivity contribution in [3.8, 4) is 0 Å². The van der Waals surface area contributed by atoms with Gasteiger partial charge in [-0.1, -0.05) is 19.1 Å². The molecule has 1 aromatic rings. The molecule has 0 unspecified atom stereocenters. The normalized spacial score (nSPS) is 24.7. The Kier molecular flexibility index (Phi) is 4.66. The molecule has 4 nitrogen and oxygen atoms in total. The van der Waals surface area contributed by atoms with Crippen LogP contribution < -0.4 is 0 Å². The van der Waals surface area contributed by atoms with Crippen molar-refractivity contribution >= 4 is 5.91 Å². The third kappa shape index (κ3) is 3.24. The molecular weight excluding hydrogens is 297 g/mol. The molecule has 3 rings (SSSR count). The molecule has 0 bridgehead atoms. The first-order valence-corrected chi connectivity index (χ1v) is 8.19. The van der Waals surface area contributed by atoms with Crippen molar-refractivity contribution in [2.75, 3.05) is 13.2 Å². The van der Waals surface area contributed by atoms with Crippen LogP contribution in [-0.2, 0) is 9.53 Å². The molecule has 0 aliphatic carbocycles. The third-order valence-electron chi connectivity index (χ3n) is 4.56. The van der Waals surface area contributed by atoms with Crippen LogP contribution in [0.25, 0.3) is 0 Å². The lowest BCUT2D eigenvalue weighted by Crippen LogP contribution is -2.34. The van der Waals surface area contributed by atoms with Gasteiger partial charge in [0.15, 0.2) is 0 Å². The number of hydrogen-bond acceptors (Lipinski definition) is 3. The Morgan fingerprint density at radius 3 is 2.83 bits per heavy atom. The second kappa shape index (κ2) is 6.71. The van der Waals surface area contributed by atoms with Gasteiger partial charge < -0.3 is 14.7 Å². The minimum atomic E-state index is -0.552. The Labute approximate surface area is 135 Å². The molecule has 1 saturated heterocycles. The second-order valence-electron chi connectivity index (χ2n) is 6.12. The van der Waals surface area contributed by atoms with E-state index in [0.29, 0.717) is 32.4 Å². The zero-order valence-corrected chi connectivity index (χ0v) is 13.3. The van der Waals surface area contributed by atoms with Gasteiger partial charge >= 0.3 is 0 Å². The van der Waals surface area contributed by atoms with Gasteiger partial charge in [-0.2, -0.15) is 0 Å². The summed E-state index contributed by atoms with van der Waals surface area (Å²) in [5.74, 6) is 0.398. The SMILES string of the molecule is CCC1=C(C(=O)N2C[C@H](O)C[C@@H]2c2ccc(F)cc2)CCCO1. The minimum absolute atomic E-state index is 0.0626. The maximum absolute atomic E-state index is 13.1. The lowest BCUT2D eigenvalue weighted by atomic mass is 10.0. The summed E-state index contributed by atoms with van der Waals surface area (Å²) >= 11 is 0. The summed E-state index contributed by atoms with van der Waals surface area (Å²) in [4.78, 5) is 14.7. The molecule has 1 N–H and O–H groups in total. The van der Waals surface area contributed by atoms with Crippen LogP contribution in [0.4, 0.5) is 4.39 Å². The number of hydrogen-bond donors (Lipinski definition) is 1. The molecule has 2 atom stereocenters. The number of aliphatic hydroxyl groups is 1. The van der Waals surface area contributed by atoms with Gasteiger partial charge in [-0.05, 0) is 37.0 Å². The van der Waals surface area contributed by atoms with Crippen molar-refractivity contribution in [3.63, 3.8) is 0 Å². The van der Waals surface area contributed by atoms with Crippen molar-refractivity contribution in [3.05, 3.63) is 47.0 Å². The number of nitrogens with zero attached hydrogens (tertiary/aromatic N) is 1. The highest BCUT2D eigenvalue weighted by atomic mass is 19.1. The van der Waals surface area contributed by atoms with E-state index in [2.05, 4.69) is 0 Å². The molecule has 0 spiro atoms. The van der Waals surface area contributed by atoms with E-state index in [0.717, 1.165) is 23.3 Å². The Hall–Kier alpha value is -1.88. The highest BCUT2D eigenvalue weighted by molar-refractivity contribution is 5.94. The molecule has 1 amide bonds. The average Bonchev–Trinajstić information content (AvgIpc) is 2.96. The highest BCUT2D eigenvalue weighted by Crippen LogP contribution is 2.35. The summed E-state index contributed by atoms with van der Waals surface area (Å²) in [6.07, 6.45) is 2.17. The molecule has 2 aliphatic heterocycles. The zero-order valence-electron chi connectivity index (χ0n) is 13.3. The van der Waals surface area contributed by atoms with E-state index >= 15 is 0 Å². The van der Waals surface area contributed by atoms with Crippen LogP contribution in [0.5, 0.6) is 0 Å². The second-order valence-corrected chi connectivity index (χ2v) is 6.12. The van der Waals surface area contributed by atoms with Gasteiger partial charge in [0, 0.05) is 13.0 Å². The fourth-order valence-electron chi connectivity index (χ4n) is 3.43. The Morgan fingerprint density at radius 1 is 1.39 bits per heavy atom. The number of allylic oxidation sites excluding steroid dienone is 1. The molecular formula is C18H22FNO3. The van der Waals surface area contributed by atoms with Crippen LogP contribution in [0.15, 0.2) is 35.6 Å². The Balaban J connectivity index is 1.88. The number of benzene rings is 1. The van der Waals surface area contributed by atoms with Crippen LogP contribution in [-0.4, -0.2) is 35.2 Å². The third-order valence-corrected chi connectivity index (χ3v) is 4.56. The fraction of sp³-hybridized carbons (Fsp3) is 0.500. The van der Waals surface area contributed by atoms with E-state index in [1.165, 1.54) is 12.1 Å². The van der Waals surface area contributed by atoms with E-state index in [1.807, 2.05) is 6.92 Å². The van der Waals surface area contributed by atoms with Crippen molar-refractivity contribution in [1.82, 2.24) is 4.90 Å². The molecule has 124 valence electrons. The molecule has 0 radical (unpaired) electrons. The van der Waals surface area contributed by atoms with Gasteiger partial charge in [0.2, 0.25) is 0 Å². The maximum atomic E-state index is 13.1. The maximum Gasteiger partial charge on any atom is 0.253 e. The first-order valence-electron chi connectivity index (χ1n) is 8.19. The van der Waals surface area contributed by atoms with Gasteiger partial charge in [-0.15, -0.1) is 0 Å². The summed E-state index contributed by atoms with van der Waals surface area (Å²) in [6, 6.07) is 5.94. The number of carbonyl (C=O) groups is 1. The summed E-state index contributed by atoms with van der Waals surface area (Å²) in [5.41, 5.74) is 1.58. The number of halogens is 1. The first kappa shape index (κ1) is 16.0. The highest BCUT2D eigenvalue weighted by Gasteiger charge is 2.37. The lowest BCUT2D eigenvalue weighted by molar-refractivity contribution is -0.129. The molecule has 0 saturated carbocycles. The van der Waals surface area contributed by atoms with Gasteiger partial charge in [0.25, 0.3) is 5.91 Å². The van der Waals surface area contributed by atoms with Crippen LogP contribution in [0.1, 0.15) is 44.2 Å². The minimum Gasteiger partial charge on any atom is -0.497 e. The van der Waals surface area contributed by atoms with Gasteiger partial charge in [0.1, 0.15) is 11.6 Å². The number of likely N-dealkylation sites (tertiary alicyclic amines) is 1. The first-order chi connectivity index (χ1) is 11.1. The van der Waals surface area contributed by atoms with Crippen molar-refractivity contribution in [2.24, 2.45) is 0 Å². The van der Waals surface area contributed by atoms with Crippen molar-refractivity contribution < 1.29 is 19.0 Å². The van der Waals surface area contributed by atoms with Crippen LogP contribution in [0, 0.1) is 5.82 Å². The van der Waals surface area contributed by atoms with Gasteiger partial charge in [-0.3, -0.25) is 4.79 Å². The van der Waals surface area contributed by atoms with E-state index in [4.69, 9.17) is 4.74 Å². The van der Waals surface area contributed by atoms with Crippen molar-refractivity contribution in [2.45, 2.75) is 44.8 Å². The van der Waals surface area contributed by atoms with Crippen LogP contribution in [0.2, 0.25) is 0 Å². The largest absolute Gasteiger partial charge is 0.497 e. The molecule has 2 aliphatic rings. The predicted octanol–water partition coefficient (Wildman–Crippen LogP) is 2.93. The molecule has 0 aromatic heterocycles. The number of amides is 1. The van der Waals surface area contributed by atoms with Crippen LogP contribution >= 0.6 is 0 Å². The molecule has 1 aromatic carbocycles. The number of ether oxygens (including phenoxy) is 1. The Bertz CT molecular complexity index is 611. The number of rotatable bonds is 3. The summed E-state index contributed by atoms with van der Waals surface area (Å²) < 4.78 is 18.8. The predicted molar refractivity (Wildman–Crippen MR) is 84.0 cm³/mol. The number of carbonyl (C=O) groups excluding carboxylic acids is 1. The van der Waals surface area contributed by atoms with E-state index in [1.54, 1.807) is 17.0 Å². The van der Waals surface area contributed by atoms with Crippen LogP contribution in [0.3, 0.4) is 0 Å². The molecule has 2 heterocycles. The van der Waals surface area contributed by atoms with Gasteiger partial charge in [-0.25, -0.2) is 4.39 Å². The zero-order chi connectivity index (χ0) is 16.4. The fourth-order valence-corrected chi connectivity index (χ4v) is 3.43. The summed E-state index contributed by atoms with van der Waals surface area (Å²) in [6.45, 7) is 2.94. The number of aliphatic hydroxyl groups excluding tert-OH is 1. The van der Waals surface area contributed by atoms with E-state index in [9.17, 15) is 14.3 Å². The topological polar surface area (TPSA) is 49.8 Å². The molecule has 23 heavy (non-hydrogen) atoms. The monoisotopic (exact) mass is 319 g/mol. The quantitative estimate of drug-likeness (QED) is 0.932. The van der Waals surface area contributed by atoms with Gasteiger partial charge in [0.05, 0.1) is 24.3 Å². The van der Waals surface area contributed by atoms with Crippen molar-refractivity contribution in [1.29, 1.82) is 0 Å². The Morgan fingerprint density at radius 2 is 2.13 bits per heavy atom. The van der Waals surface area contributed by atoms with E-state index < -0.39 is 6.10 Å². The summed E-state index contributed by atoms with van der Waals surface area (Å²) in [7, 11) is 0. The smallest absolute Gasteiger partial charge is 0.253 e. The number of β-amino-alcohol motifs (C(OH)–C–C–N with tert-alkyl or cyclic N) is 1. The molecule has 1 fully saturated rings. The summed E-state index contributed by atoms with van der Waals surface area (Å²) in [5, 5.41) is 10.0. The molecule has 5 heteroatoms. The average molecular weight is 319 g/mol. The lowest BCUT2D eigenvalue weighted by Gasteiger charge is -2.28. The van der Waals surface area contributed by atoms with E-state index in [-0.39, 0.29) is 17.8 Å².